The molecular formula is C14H25N3O4. The molecule has 1 aliphatic heterocycles. The average Bonchev–Trinajstić information content (AvgIpc) is 2.45. The van der Waals surface area contributed by atoms with Gasteiger partial charge in [-0.3, -0.25) is 4.79 Å². The summed E-state index contributed by atoms with van der Waals surface area (Å²) in [6, 6.07) is -1.30. The van der Waals surface area contributed by atoms with E-state index < -0.39 is 18.0 Å². The number of aliphatic carboxylic acids is 1. The van der Waals surface area contributed by atoms with Gasteiger partial charge in [0.05, 0.1) is 5.92 Å². The summed E-state index contributed by atoms with van der Waals surface area (Å²) in [6.45, 7) is 4.70. The summed E-state index contributed by atoms with van der Waals surface area (Å²) in [6.07, 6.45) is 1.87. The van der Waals surface area contributed by atoms with Crippen molar-refractivity contribution in [1.82, 2.24) is 15.5 Å². The Morgan fingerprint density at radius 3 is 2.52 bits per heavy atom. The number of nitrogens with zero attached hydrogens (tertiary/aromatic N) is 1. The zero-order chi connectivity index (χ0) is 16.0. The summed E-state index contributed by atoms with van der Waals surface area (Å²) in [5, 5.41) is 14.3. The van der Waals surface area contributed by atoms with Crippen molar-refractivity contribution in [2.75, 3.05) is 20.1 Å². The minimum atomic E-state index is -1.03. The van der Waals surface area contributed by atoms with Crippen LogP contribution in [-0.4, -0.2) is 54.1 Å². The van der Waals surface area contributed by atoms with Crippen LogP contribution in [0.15, 0.2) is 0 Å². The second kappa shape index (κ2) is 7.85. The third-order valence-corrected chi connectivity index (χ3v) is 3.63. The minimum absolute atomic E-state index is 0.0792. The van der Waals surface area contributed by atoms with Gasteiger partial charge in [-0.05, 0) is 25.2 Å². The first kappa shape index (κ1) is 17.3. The van der Waals surface area contributed by atoms with E-state index in [0.29, 0.717) is 19.5 Å². The molecule has 0 aromatic rings. The number of hydrogen-bond acceptors (Lipinski definition) is 3. The Bertz CT molecular complexity index is 398. The number of piperidine rings is 1. The fourth-order valence-corrected chi connectivity index (χ4v) is 2.51. The van der Waals surface area contributed by atoms with Gasteiger partial charge in [0.25, 0.3) is 0 Å². The normalized spacial score (nSPS) is 20.0. The van der Waals surface area contributed by atoms with Crippen molar-refractivity contribution in [3.63, 3.8) is 0 Å². The second-order valence-electron chi connectivity index (χ2n) is 5.87. The summed E-state index contributed by atoms with van der Waals surface area (Å²) in [7, 11) is 1.57. The second-order valence-corrected chi connectivity index (χ2v) is 5.87. The maximum absolute atomic E-state index is 12.2. The van der Waals surface area contributed by atoms with Crippen LogP contribution in [0.5, 0.6) is 0 Å². The first-order chi connectivity index (χ1) is 9.85. The van der Waals surface area contributed by atoms with Crippen molar-refractivity contribution in [2.45, 2.75) is 39.2 Å². The van der Waals surface area contributed by atoms with Crippen LogP contribution in [0.25, 0.3) is 0 Å². The Balaban J connectivity index is 2.60. The van der Waals surface area contributed by atoms with Gasteiger partial charge in [0.2, 0.25) is 5.91 Å². The molecule has 0 bridgehead atoms. The molecule has 0 spiro atoms. The minimum Gasteiger partial charge on any atom is -0.480 e. The summed E-state index contributed by atoms with van der Waals surface area (Å²) >= 11 is 0. The summed E-state index contributed by atoms with van der Waals surface area (Å²) in [5.74, 6) is -1.16. The molecule has 120 valence electrons. The molecule has 7 nitrogen and oxygen atoms in total. The molecule has 0 saturated carbocycles. The Labute approximate surface area is 125 Å². The number of likely N-dealkylation sites (tertiary alicyclic amines) is 1. The highest BCUT2D eigenvalue weighted by molar-refractivity contribution is 5.84. The molecule has 1 heterocycles. The highest BCUT2D eigenvalue weighted by Crippen LogP contribution is 2.17. The molecule has 3 amide bonds. The summed E-state index contributed by atoms with van der Waals surface area (Å²) in [4.78, 5) is 36.5. The molecule has 2 atom stereocenters. The highest BCUT2D eigenvalue weighted by atomic mass is 16.4. The third-order valence-electron chi connectivity index (χ3n) is 3.63. The van der Waals surface area contributed by atoms with Gasteiger partial charge < -0.3 is 20.6 Å². The molecule has 1 aliphatic rings. The molecule has 0 aromatic heterocycles. The van der Waals surface area contributed by atoms with Crippen molar-refractivity contribution >= 4 is 17.9 Å². The average molecular weight is 299 g/mol. The molecule has 7 heteroatoms. The van der Waals surface area contributed by atoms with E-state index in [1.165, 1.54) is 4.90 Å². The van der Waals surface area contributed by atoms with Crippen LogP contribution in [0, 0.1) is 11.8 Å². The van der Waals surface area contributed by atoms with E-state index in [1.54, 1.807) is 7.05 Å². The Kier molecular flexibility index (Phi) is 6.45. The number of rotatable bonds is 5. The van der Waals surface area contributed by atoms with Crippen molar-refractivity contribution in [3.05, 3.63) is 0 Å². The van der Waals surface area contributed by atoms with Gasteiger partial charge >= 0.3 is 12.0 Å². The highest BCUT2D eigenvalue weighted by Gasteiger charge is 2.30. The number of nitrogens with one attached hydrogen (secondary N) is 2. The van der Waals surface area contributed by atoms with E-state index in [1.807, 2.05) is 13.8 Å². The number of carboxylic acids is 1. The van der Waals surface area contributed by atoms with E-state index in [9.17, 15) is 14.4 Å². The third kappa shape index (κ3) is 5.24. The van der Waals surface area contributed by atoms with E-state index >= 15 is 0 Å². The van der Waals surface area contributed by atoms with Crippen LogP contribution in [0.1, 0.15) is 33.1 Å². The quantitative estimate of drug-likeness (QED) is 0.694. The Hall–Kier alpha value is -1.79. The van der Waals surface area contributed by atoms with Gasteiger partial charge in [-0.1, -0.05) is 13.8 Å². The molecule has 1 rings (SSSR count). The Morgan fingerprint density at radius 2 is 2.00 bits per heavy atom. The lowest BCUT2D eigenvalue weighted by atomic mass is 9.97. The predicted octanol–water partition coefficient (Wildman–Crippen LogP) is 0.653. The number of urea groups is 1. The van der Waals surface area contributed by atoms with Gasteiger partial charge in [-0.25, -0.2) is 9.59 Å². The molecule has 0 radical (unpaired) electrons. The van der Waals surface area contributed by atoms with Crippen molar-refractivity contribution in [2.24, 2.45) is 11.8 Å². The maximum atomic E-state index is 12.2. The topological polar surface area (TPSA) is 98.7 Å². The van der Waals surface area contributed by atoms with Crippen LogP contribution in [0.4, 0.5) is 4.79 Å². The number of carbonyl (C=O) groups is 3. The number of carboxylic acid groups (broad SMARTS) is 1. The number of hydrogen-bond donors (Lipinski definition) is 3. The van der Waals surface area contributed by atoms with Gasteiger partial charge in [0.1, 0.15) is 6.04 Å². The molecule has 1 fully saturated rings. The van der Waals surface area contributed by atoms with Crippen LogP contribution in [0.2, 0.25) is 0 Å². The molecule has 1 saturated heterocycles. The monoisotopic (exact) mass is 299 g/mol. The largest absolute Gasteiger partial charge is 0.480 e. The number of amides is 3. The fourth-order valence-electron chi connectivity index (χ4n) is 2.51. The first-order valence-corrected chi connectivity index (χ1v) is 7.35. The van der Waals surface area contributed by atoms with E-state index in [4.69, 9.17) is 5.11 Å². The molecule has 0 aliphatic carbocycles. The van der Waals surface area contributed by atoms with Crippen molar-refractivity contribution in [1.29, 1.82) is 0 Å². The summed E-state index contributed by atoms with van der Waals surface area (Å²) < 4.78 is 0. The van der Waals surface area contributed by atoms with Crippen LogP contribution in [0.3, 0.4) is 0 Å². The van der Waals surface area contributed by atoms with Crippen molar-refractivity contribution < 1.29 is 19.5 Å². The van der Waals surface area contributed by atoms with E-state index in [0.717, 1.165) is 12.8 Å². The molecule has 1 unspecified atom stereocenters. The molecular weight excluding hydrogens is 274 g/mol. The zero-order valence-corrected chi connectivity index (χ0v) is 12.9. The van der Waals surface area contributed by atoms with Gasteiger partial charge in [0.15, 0.2) is 0 Å². The molecule has 0 aromatic carbocycles. The van der Waals surface area contributed by atoms with Crippen LogP contribution < -0.4 is 10.6 Å². The lowest BCUT2D eigenvalue weighted by molar-refractivity contribution is -0.139. The first-order valence-electron chi connectivity index (χ1n) is 7.35. The summed E-state index contributed by atoms with van der Waals surface area (Å²) in [5.41, 5.74) is 0. The predicted molar refractivity (Wildman–Crippen MR) is 77.8 cm³/mol. The fraction of sp³-hybridized carbons (Fsp3) is 0.786. The smallest absolute Gasteiger partial charge is 0.326 e. The lowest BCUT2D eigenvalue weighted by Crippen LogP contribution is -2.52. The zero-order valence-electron chi connectivity index (χ0n) is 12.9. The lowest BCUT2D eigenvalue weighted by Gasteiger charge is -2.32. The molecule has 21 heavy (non-hydrogen) atoms. The maximum Gasteiger partial charge on any atom is 0.326 e. The van der Waals surface area contributed by atoms with Gasteiger partial charge in [-0.15, -0.1) is 0 Å². The van der Waals surface area contributed by atoms with Crippen LogP contribution >= 0.6 is 0 Å². The van der Waals surface area contributed by atoms with Crippen LogP contribution in [-0.2, 0) is 9.59 Å². The van der Waals surface area contributed by atoms with E-state index in [2.05, 4.69) is 10.6 Å². The molecule has 3 N–H and O–H groups in total. The SMILES string of the molecule is CNC(=O)C1CCCN(C(=O)N[C@H](CC(C)C)C(=O)O)C1. The number of carbonyl (C=O) groups excluding carboxylic acids is 2. The van der Waals surface area contributed by atoms with E-state index in [-0.39, 0.29) is 17.7 Å². The van der Waals surface area contributed by atoms with Gasteiger partial charge in [-0.2, -0.15) is 0 Å². The standard InChI is InChI=1S/C14H25N3O4/c1-9(2)7-11(13(19)20)16-14(21)17-6-4-5-10(8-17)12(18)15-3/h9-11H,4-8H2,1-3H3,(H,15,18)(H,16,21)(H,19,20)/t10?,11-/m1/s1. The Morgan fingerprint density at radius 1 is 1.33 bits per heavy atom. The van der Waals surface area contributed by atoms with Gasteiger partial charge in [0, 0.05) is 20.1 Å². The van der Waals surface area contributed by atoms with Crippen molar-refractivity contribution in [3.8, 4) is 0 Å².